The maximum absolute atomic E-state index is 8.47. The number of imidazole rings is 1. The SMILES string of the molecule is CC(C)c1cccc(C(C)C)c1-n1c(-c2[c-]cccc2)nc2ccccc21.[2H]C([2H])([2H])c1cnc(-c2[c-]ccc3c2oc2cc4ccccc4cc23)cc1C([2H])(C)C.[Ir]. The summed E-state index contributed by atoms with van der Waals surface area (Å²) < 4.78 is 40.5. The normalized spacial score (nSPS) is 13.0. The molecular weight excluding hydrogens is 851 g/mol. The molecule has 9 aromatic rings. The van der Waals surface area contributed by atoms with Gasteiger partial charge in [0, 0.05) is 42.9 Å². The van der Waals surface area contributed by atoms with Gasteiger partial charge in [0.15, 0.2) is 0 Å². The van der Waals surface area contributed by atoms with Crippen molar-refractivity contribution in [2.45, 2.75) is 66.1 Å². The van der Waals surface area contributed by atoms with Gasteiger partial charge in [-0.2, -0.15) is 0 Å². The molecule has 0 aliphatic rings. The Balaban J connectivity index is 0.000000178. The van der Waals surface area contributed by atoms with Gasteiger partial charge in [0.25, 0.3) is 0 Å². The first-order valence-electron chi connectivity index (χ1n) is 20.6. The Morgan fingerprint density at radius 2 is 1.42 bits per heavy atom. The average molecular weight is 900 g/mol. The quantitative estimate of drug-likeness (QED) is 0.156. The molecule has 0 atom stereocenters. The summed E-state index contributed by atoms with van der Waals surface area (Å²) in [4.78, 5) is 9.42. The molecule has 0 aliphatic carbocycles. The first-order valence-corrected chi connectivity index (χ1v) is 18.6. The fourth-order valence-corrected chi connectivity index (χ4v) is 7.36. The molecule has 0 N–H and O–H groups in total. The largest absolute Gasteiger partial charge is 0.501 e. The van der Waals surface area contributed by atoms with Gasteiger partial charge in [0.05, 0.1) is 22.4 Å². The van der Waals surface area contributed by atoms with Gasteiger partial charge in [-0.1, -0.05) is 113 Å². The monoisotopic (exact) mass is 900 g/mol. The Morgan fingerprint density at radius 1 is 0.709 bits per heavy atom. The number of hydrogen-bond acceptors (Lipinski definition) is 3. The predicted octanol–water partition coefficient (Wildman–Crippen LogP) is 13.8. The summed E-state index contributed by atoms with van der Waals surface area (Å²) in [6.45, 7) is 10.1. The second-order valence-corrected chi connectivity index (χ2v) is 14.6. The molecule has 9 rings (SSSR count). The number of furan rings is 1. The summed E-state index contributed by atoms with van der Waals surface area (Å²) in [5.74, 6) is 0.702. The minimum Gasteiger partial charge on any atom is -0.501 e. The smallest absolute Gasteiger partial charge is 0.121 e. The summed E-state index contributed by atoms with van der Waals surface area (Å²) in [5, 5.41) is 4.18. The molecule has 277 valence electrons. The van der Waals surface area contributed by atoms with Crippen LogP contribution in [0.5, 0.6) is 0 Å². The standard InChI is InChI=1S/C25H25N2.C25H20NO.Ir/c1-17(2)20-13-10-14-21(18(3)4)24(20)27-23-16-9-8-15-22(23)26-25(27)19-11-6-5-7-12-19;1-15(2)21-13-23(26-14-16(21)3)20-10-6-9-19-22-11-17-7-4-5-8-18(17)12-24(22)27-25(19)20;/h5-11,13-18H,1-4H3;4-9,11-15H,1-3H3;/q2*-1;/i;3D3,15D;. The van der Waals surface area contributed by atoms with Crippen LogP contribution < -0.4 is 0 Å². The summed E-state index contributed by atoms with van der Waals surface area (Å²) >= 11 is 0. The summed E-state index contributed by atoms with van der Waals surface area (Å²) in [6.07, 6.45) is 1.36. The van der Waals surface area contributed by atoms with Crippen LogP contribution in [-0.4, -0.2) is 14.5 Å². The number of benzene rings is 6. The van der Waals surface area contributed by atoms with Crippen molar-refractivity contribution in [2.75, 3.05) is 0 Å². The molecule has 1 radical (unpaired) electrons. The molecule has 0 spiro atoms. The number of para-hydroxylation sites is 3. The van der Waals surface area contributed by atoms with Gasteiger partial charge >= 0.3 is 0 Å². The Morgan fingerprint density at radius 3 is 2.11 bits per heavy atom. The molecule has 6 aromatic carbocycles. The van der Waals surface area contributed by atoms with Gasteiger partial charge < -0.3 is 14.0 Å². The van der Waals surface area contributed by atoms with Crippen molar-refractivity contribution >= 4 is 43.7 Å². The van der Waals surface area contributed by atoms with E-state index in [4.69, 9.17) is 14.9 Å². The zero-order valence-corrected chi connectivity index (χ0v) is 34.3. The van der Waals surface area contributed by atoms with E-state index in [1.807, 2.05) is 54.6 Å². The van der Waals surface area contributed by atoms with Crippen LogP contribution in [0, 0.1) is 19.0 Å². The third-order valence-electron chi connectivity index (χ3n) is 10.1. The van der Waals surface area contributed by atoms with Crippen LogP contribution >= 0.6 is 0 Å². The Kier molecular flexibility index (Phi) is 9.48. The van der Waals surface area contributed by atoms with Gasteiger partial charge in [-0.05, 0) is 87.6 Å². The molecule has 55 heavy (non-hydrogen) atoms. The number of fused-ring (bicyclic) bond motifs is 5. The van der Waals surface area contributed by atoms with Crippen molar-refractivity contribution in [2.24, 2.45) is 0 Å². The Bertz CT molecular complexity index is 2910. The van der Waals surface area contributed by atoms with E-state index in [9.17, 15) is 0 Å². The fourth-order valence-electron chi connectivity index (χ4n) is 7.36. The molecule has 0 bridgehead atoms. The van der Waals surface area contributed by atoms with Crippen LogP contribution in [0.3, 0.4) is 0 Å². The van der Waals surface area contributed by atoms with E-state index >= 15 is 0 Å². The minimum absolute atomic E-state index is 0. The third-order valence-corrected chi connectivity index (χ3v) is 10.1. The zero-order valence-electron chi connectivity index (χ0n) is 35.9. The van der Waals surface area contributed by atoms with Crippen molar-refractivity contribution in [3.63, 3.8) is 0 Å². The second-order valence-electron chi connectivity index (χ2n) is 14.6. The molecule has 0 fully saturated rings. The van der Waals surface area contributed by atoms with Crippen molar-refractivity contribution in [3.8, 4) is 28.3 Å². The molecule has 5 heteroatoms. The Labute approximate surface area is 343 Å². The van der Waals surface area contributed by atoms with Crippen LogP contribution in [0.2, 0.25) is 0 Å². The summed E-state index contributed by atoms with van der Waals surface area (Å²) in [5.41, 5.74) is 10.3. The molecule has 0 unspecified atom stereocenters. The molecule has 0 saturated heterocycles. The number of nitrogens with zero attached hydrogens (tertiary/aromatic N) is 3. The van der Waals surface area contributed by atoms with E-state index < -0.39 is 12.7 Å². The van der Waals surface area contributed by atoms with Crippen LogP contribution in [0.1, 0.15) is 87.0 Å². The maximum atomic E-state index is 8.47. The van der Waals surface area contributed by atoms with E-state index in [1.54, 1.807) is 19.9 Å². The summed E-state index contributed by atoms with van der Waals surface area (Å²) in [6, 6.07) is 47.5. The van der Waals surface area contributed by atoms with Crippen molar-refractivity contribution in [1.29, 1.82) is 0 Å². The number of rotatable bonds is 6. The maximum Gasteiger partial charge on any atom is 0.121 e. The van der Waals surface area contributed by atoms with Gasteiger partial charge in [0.2, 0.25) is 0 Å². The second kappa shape index (κ2) is 15.8. The fraction of sp³-hybridized carbons (Fsp3) is 0.200. The minimum atomic E-state index is -2.34. The van der Waals surface area contributed by atoms with Crippen LogP contribution in [-0.2, 0) is 20.1 Å². The number of hydrogen-bond donors (Lipinski definition) is 0. The van der Waals surface area contributed by atoms with Gasteiger partial charge in [0.1, 0.15) is 5.58 Å². The molecule has 3 heterocycles. The van der Waals surface area contributed by atoms with Crippen LogP contribution in [0.4, 0.5) is 0 Å². The van der Waals surface area contributed by atoms with E-state index in [1.165, 1.54) is 23.0 Å². The van der Waals surface area contributed by atoms with E-state index in [-0.39, 0.29) is 25.7 Å². The van der Waals surface area contributed by atoms with Gasteiger partial charge in [-0.25, -0.2) is 0 Å². The van der Waals surface area contributed by atoms with Crippen LogP contribution in [0.25, 0.3) is 72.1 Å². The number of aryl methyl sites for hydroxylation is 1. The molecule has 0 saturated carbocycles. The molecule has 0 aliphatic heterocycles. The topological polar surface area (TPSA) is 43.9 Å². The first-order chi connectivity index (χ1) is 27.7. The molecule has 0 amide bonds. The molecule has 3 aromatic heterocycles. The summed E-state index contributed by atoms with van der Waals surface area (Å²) in [7, 11) is 0. The van der Waals surface area contributed by atoms with Crippen molar-refractivity contribution in [1.82, 2.24) is 14.5 Å². The third kappa shape index (κ3) is 7.15. The zero-order chi connectivity index (χ0) is 40.9. The number of aromatic nitrogens is 3. The van der Waals surface area contributed by atoms with E-state index in [2.05, 4.69) is 110 Å². The van der Waals surface area contributed by atoms with Crippen molar-refractivity contribution in [3.05, 3.63) is 162 Å². The van der Waals surface area contributed by atoms with Gasteiger partial charge in [-0.15, -0.1) is 54.1 Å². The molecule has 4 nitrogen and oxygen atoms in total. The molecular formula is C50H45IrN3O-2. The van der Waals surface area contributed by atoms with Gasteiger partial charge in [-0.3, -0.25) is 4.98 Å². The van der Waals surface area contributed by atoms with E-state index in [0.717, 1.165) is 49.5 Å². The number of pyridine rings is 1. The predicted molar refractivity (Wildman–Crippen MR) is 226 cm³/mol. The Hall–Kier alpha value is -5.35. The average Bonchev–Trinajstić information content (AvgIpc) is 3.77. The van der Waals surface area contributed by atoms with Crippen molar-refractivity contribution < 1.29 is 30.0 Å². The van der Waals surface area contributed by atoms with Crippen LogP contribution in [0.15, 0.2) is 132 Å². The van der Waals surface area contributed by atoms with E-state index in [0.29, 0.717) is 34.2 Å². The first kappa shape index (κ1) is 33.0.